The molecule has 9 heteroatoms. The normalized spacial score (nSPS) is 17.8. The molecule has 7 N–H and O–H groups in total. The van der Waals surface area contributed by atoms with Crippen LogP contribution in [-0.2, 0) is 27.2 Å². The summed E-state index contributed by atoms with van der Waals surface area (Å²) in [5.74, 6) is -1.54. The van der Waals surface area contributed by atoms with Crippen LogP contribution in [0.15, 0.2) is 54.6 Å². The summed E-state index contributed by atoms with van der Waals surface area (Å²) in [7, 11) is 0. The summed E-state index contributed by atoms with van der Waals surface area (Å²) in [4.78, 5) is 33.9. The van der Waals surface area contributed by atoms with Crippen molar-refractivity contribution in [1.82, 2.24) is 5.32 Å². The molecule has 0 bridgehead atoms. The summed E-state index contributed by atoms with van der Waals surface area (Å²) in [6.07, 6.45) is 3.85. The third-order valence-corrected chi connectivity index (χ3v) is 5.78. The van der Waals surface area contributed by atoms with Crippen molar-refractivity contribution in [3.05, 3.63) is 65.7 Å². The second-order valence-electron chi connectivity index (χ2n) is 8.35. The fourth-order valence-corrected chi connectivity index (χ4v) is 3.81. The number of carboxylic acids is 2. The van der Waals surface area contributed by atoms with Crippen molar-refractivity contribution >= 4 is 35.9 Å². The van der Waals surface area contributed by atoms with Crippen molar-refractivity contribution < 1.29 is 24.6 Å². The minimum Gasteiger partial charge on any atom is -0.481 e. The molecule has 0 unspecified atom stereocenters. The topological polar surface area (TPSA) is 156 Å². The second kappa shape index (κ2) is 14.9. The Morgan fingerprint density at radius 1 is 0.912 bits per heavy atom. The van der Waals surface area contributed by atoms with E-state index in [4.69, 9.17) is 16.6 Å². The minimum atomic E-state index is -0.993. The number of rotatable bonds is 8. The zero-order valence-corrected chi connectivity index (χ0v) is 19.9. The molecular weight excluding hydrogens is 458 g/mol. The summed E-state index contributed by atoms with van der Waals surface area (Å²) < 4.78 is 0. The Balaban J connectivity index is 0.000000407. The third kappa shape index (κ3) is 10.2. The van der Waals surface area contributed by atoms with Crippen LogP contribution < -0.4 is 16.8 Å². The number of anilines is 1. The number of amides is 1. The molecule has 1 aliphatic rings. The van der Waals surface area contributed by atoms with E-state index in [9.17, 15) is 19.5 Å². The molecule has 186 valence electrons. The summed E-state index contributed by atoms with van der Waals surface area (Å²) in [6, 6.07) is 15.3. The van der Waals surface area contributed by atoms with Gasteiger partial charge in [0.05, 0.1) is 6.42 Å². The molecule has 1 aliphatic carbocycles. The average Bonchev–Trinajstić information content (AvgIpc) is 2.81. The monoisotopic (exact) mass is 491 g/mol. The number of hydrogen-bond acceptors (Lipinski definition) is 5. The molecule has 8 nitrogen and oxygen atoms in total. The first-order valence-electron chi connectivity index (χ1n) is 11.1. The standard InChI is InChI=1S/C17H24N2O3.C8H9NO2.ClH/c18-11-13-6-8-14(9-7-13)16(20)19-15(17(21)22)10-12-4-2-1-3-5-12;9-7-3-1-6(2-4-7)5-8(10)11;/h1-5,13-15H,6-11,18H2,(H,19,20)(H,21,22);1-4H,5,9H2,(H,10,11);1H/t13-,14-,15-;;/m0../s1. The predicted molar refractivity (Wildman–Crippen MR) is 134 cm³/mol. The number of aliphatic carboxylic acids is 2. The molecule has 1 amide bonds. The molecule has 2 aromatic carbocycles. The zero-order valence-electron chi connectivity index (χ0n) is 19.1. The maximum atomic E-state index is 12.3. The van der Waals surface area contributed by atoms with Crippen LogP contribution >= 0.6 is 12.4 Å². The molecule has 0 aliphatic heterocycles. The van der Waals surface area contributed by atoms with E-state index in [1.807, 2.05) is 30.3 Å². The van der Waals surface area contributed by atoms with E-state index in [0.29, 0.717) is 24.6 Å². The van der Waals surface area contributed by atoms with Crippen LogP contribution in [0.5, 0.6) is 0 Å². The quantitative estimate of drug-likeness (QED) is 0.355. The van der Waals surface area contributed by atoms with Gasteiger partial charge in [-0.1, -0.05) is 42.5 Å². The van der Waals surface area contributed by atoms with Crippen LogP contribution in [0.25, 0.3) is 0 Å². The van der Waals surface area contributed by atoms with Crippen molar-refractivity contribution in [3.63, 3.8) is 0 Å². The Bertz CT molecular complexity index is 901. The molecule has 3 rings (SSSR count). The second-order valence-corrected chi connectivity index (χ2v) is 8.35. The molecule has 0 aromatic heterocycles. The molecule has 1 atom stereocenters. The number of carboxylic acid groups (broad SMARTS) is 2. The van der Waals surface area contributed by atoms with Gasteiger partial charge in [0.2, 0.25) is 5.91 Å². The number of nitrogens with two attached hydrogens (primary N) is 2. The van der Waals surface area contributed by atoms with E-state index in [0.717, 1.165) is 36.8 Å². The summed E-state index contributed by atoms with van der Waals surface area (Å²) in [5, 5.41) is 20.4. The molecule has 0 spiro atoms. The summed E-state index contributed by atoms with van der Waals surface area (Å²) in [6.45, 7) is 0.667. The van der Waals surface area contributed by atoms with Gasteiger partial charge in [0, 0.05) is 18.0 Å². The predicted octanol–water partition coefficient (Wildman–Crippen LogP) is 2.88. The lowest BCUT2D eigenvalue weighted by atomic mass is 9.81. The Hall–Kier alpha value is -3.10. The molecule has 1 saturated carbocycles. The van der Waals surface area contributed by atoms with Gasteiger partial charge in [-0.2, -0.15) is 0 Å². The lowest BCUT2D eigenvalue weighted by molar-refractivity contribution is -0.142. The van der Waals surface area contributed by atoms with Gasteiger partial charge in [0.1, 0.15) is 6.04 Å². The fourth-order valence-electron chi connectivity index (χ4n) is 3.81. The highest BCUT2D eigenvalue weighted by atomic mass is 35.5. The van der Waals surface area contributed by atoms with Gasteiger partial charge in [-0.3, -0.25) is 9.59 Å². The van der Waals surface area contributed by atoms with Gasteiger partial charge < -0.3 is 27.0 Å². The van der Waals surface area contributed by atoms with Crippen molar-refractivity contribution in [2.75, 3.05) is 12.3 Å². The van der Waals surface area contributed by atoms with Gasteiger partial charge >= 0.3 is 11.9 Å². The maximum Gasteiger partial charge on any atom is 0.326 e. The van der Waals surface area contributed by atoms with E-state index in [-0.39, 0.29) is 30.7 Å². The largest absolute Gasteiger partial charge is 0.481 e. The third-order valence-electron chi connectivity index (χ3n) is 5.78. The smallest absolute Gasteiger partial charge is 0.326 e. The van der Waals surface area contributed by atoms with Crippen LogP contribution in [0.2, 0.25) is 0 Å². The van der Waals surface area contributed by atoms with Crippen LogP contribution in [0, 0.1) is 11.8 Å². The highest BCUT2D eigenvalue weighted by molar-refractivity contribution is 5.85. The van der Waals surface area contributed by atoms with Crippen LogP contribution in [0.1, 0.15) is 36.8 Å². The summed E-state index contributed by atoms with van der Waals surface area (Å²) >= 11 is 0. The fraction of sp³-hybridized carbons (Fsp3) is 0.400. The molecule has 1 fully saturated rings. The molecular formula is C25H34ClN3O5. The van der Waals surface area contributed by atoms with Gasteiger partial charge in [0.15, 0.2) is 0 Å². The minimum absolute atomic E-state index is 0. The number of benzene rings is 2. The Kier molecular flexibility index (Phi) is 12.7. The first-order chi connectivity index (χ1) is 15.8. The average molecular weight is 492 g/mol. The van der Waals surface area contributed by atoms with E-state index in [2.05, 4.69) is 5.32 Å². The van der Waals surface area contributed by atoms with Crippen LogP contribution in [-0.4, -0.2) is 40.6 Å². The Labute approximate surface area is 206 Å². The van der Waals surface area contributed by atoms with E-state index in [1.54, 1.807) is 24.3 Å². The number of halogens is 1. The lowest BCUT2D eigenvalue weighted by Gasteiger charge is -2.27. The molecule has 2 aromatic rings. The SMILES string of the molecule is Cl.NC[C@H]1CC[C@H](C(=O)N[C@@H](Cc2ccccc2)C(=O)O)CC1.Nc1ccc(CC(=O)O)cc1. The summed E-state index contributed by atoms with van der Waals surface area (Å²) in [5.41, 5.74) is 13.4. The molecule has 0 radical (unpaired) electrons. The lowest BCUT2D eigenvalue weighted by Crippen LogP contribution is -2.45. The van der Waals surface area contributed by atoms with Gasteiger partial charge in [-0.25, -0.2) is 4.79 Å². The number of nitrogen functional groups attached to an aromatic ring is 1. The van der Waals surface area contributed by atoms with E-state index in [1.165, 1.54) is 0 Å². The molecule has 0 saturated heterocycles. The first-order valence-corrected chi connectivity index (χ1v) is 11.1. The van der Waals surface area contributed by atoms with Crippen LogP contribution in [0.3, 0.4) is 0 Å². The maximum absolute atomic E-state index is 12.3. The Morgan fingerprint density at radius 2 is 1.50 bits per heavy atom. The number of hydrogen-bond donors (Lipinski definition) is 5. The number of carbonyl (C=O) groups is 3. The number of nitrogens with one attached hydrogen (secondary N) is 1. The molecule has 0 heterocycles. The highest BCUT2D eigenvalue weighted by Crippen LogP contribution is 2.28. The van der Waals surface area contributed by atoms with Gasteiger partial charge in [-0.05, 0) is 61.4 Å². The van der Waals surface area contributed by atoms with Gasteiger partial charge in [0.25, 0.3) is 0 Å². The van der Waals surface area contributed by atoms with E-state index >= 15 is 0 Å². The van der Waals surface area contributed by atoms with Crippen molar-refractivity contribution in [2.24, 2.45) is 17.6 Å². The van der Waals surface area contributed by atoms with Crippen molar-refractivity contribution in [2.45, 2.75) is 44.6 Å². The van der Waals surface area contributed by atoms with Crippen LogP contribution in [0.4, 0.5) is 5.69 Å². The highest BCUT2D eigenvalue weighted by Gasteiger charge is 2.29. The number of carbonyl (C=O) groups excluding carboxylic acids is 1. The van der Waals surface area contributed by atoms with Crippen molar-refractivity contribution in [1.29, 1.82) is 0 Å². The zero-order chi connectivity index (χ0) is 24.2. The van der Waals surface area contributed by atoms with E-state index < -0.39 is 18.0 Å². The van der Waals surface area contributed by atoms with Gasteiger partial charge in [-0.15, -0.1) is 12.4 Å². The Morgan fingerprint density at radius 3 is 2.00 bits per heavy atom. The van der Waals surface area contributed by atoms with Crippen molar-refractivity contribution in [3.8, 4) is 0 Å². The first kappa shape index (κ1) is 28.9. The molecule has 34 heavy (non-hydrogen) atoms.